The second-order valence-corrected chi connectivity index (χ2v) is 6.45. The van der Waals surface area contributed by atoms with Crippen molar-refractivity contribution >= 4 is 21.7 Å². The summed E-state index contributed by atoms with van der Waals surface area (Å²) in [5.74, 6) is -0.584. The van der Waals surface area contributed by atoms with Gasteiger partial charge in [-0.2, -0.15) is 4.72 Å². The van der Waals surface area contributed by atoms with Crippen molar-refractivity contribution in [1.82, 2.24) is 4.72 Å². The first-order valence-electron chi connectivity index (χ1n) is 6.67. The van der Waals surface area contributed by atoms with Crippen molar-refractivity contribution in [3.05, 3.63) is 18.2 Å². The van der Waals surface area contributed by atoms with Gasteiger partial charge in [-0.15, -0.1) is 0 Å². The summed E-state index contributed by atoms with van der Waals surface area (Å²) in [4.78, 5) is 12.6. The summed E-state index contributed by atoms with van der Waals surface area (Å²) in [7, 11) is -3.84. The first-order chi connectivity index (χ1) is 9.94. The van der Waals surface area contributed by atoms with Gasteiger partial charge in [-0.3, -0.25) is 4.79 Å². The fraction of sp³-hybridized carbons (Fsp3) is 0.462. The van der Waals surface area contributed by atoms with E-state index in [1.165, 1.54) is 12.1 Å². The molecule has 1 aliphatic heterocycles. The van der Waals surface area contributed by atoms with Gasteiger partial charge in [-0.05, 0) is 24.6 Å². The number of carboxylic acids is 1. The van der Waals surface area contributed by atoms with Crippen molar-refractivity contribution in [3.8, 4) is 5.75 Å². The minimum Gasteiger partial charge on any atom is -0.490 e. The summed E-state index contributed by atoms with van der Waals surface area (Å²) in [6.07, 6.45) is 0.938. The number of nitrogens with one attached hydrogen (secondary N) is 1. The molecule has 0 radical (unpaired) electrons. The Balaban J connectivity index is 2.30. The van der Waals surface area contributed by atoms with Crippen LogP contribution in [0.25, 0.3) is 0 Å². The lowest BCUT2D eigenvalue weighted by Crippen LogP contribution is -2.34. The van der Waals surface area contributed by atoms with Crippen molar-refractivity contribution in [1.29, 1.82) is 0 Å². The Morgan fingerprint density at radius 2 is 2.24 bits per heavy atom. The van der Waals surface area contributed by atoms with Gasteiger partial charge in [0.1, 0.15) is 18.9 Å². The van der Waals surface area contributed by atoms with Crippen LogP contribution in [-0.4, -0.2) is 45.7 Å². The molecule has 0 fully saturated rings. The van der Waals surface area contributed by atoms with Crippen LogP contribution in [0.2, 0.25) is 0 Å². The molecule has 1 aliphatic rings. The fourth-order valence-electron chi connectivity index (χ4n) is 2.16. The zero-order chi connectivity index (χ0) is 15.5. The monoisotopic (exact) mass is 314 g/mol. The Kier molecular flexibility index (Phi) is 4.69. The molecule has 0 aromatic heterocycles. The highest BCUT2D eigenvalue weighted by Gasteiger charge is 2.22. The molecule has 0 amide bonds. The number of hydrogen-bond donors (Lipinski definition) is 2. The number of aliphatic carboxylic acids is 1. The largest absolute Gasteiger partial charge is 0.490 e. The van der Waals surface area contributed by atoms with E-state index in [0.29, 0.717) is 18.9 Å². The van der Waals surface area contributed by atoms with Gasteiger partial charge in [0.2, 0.25) is 10.0 Å². The number of hydrogen-bond acceptors (Lipinski definition) is 5. The highest BCUT2D eigenvalue weighted by Crippen LogP contribution is 2.33. The van der Waals surface area contributed by atoms with Crippen LogP contribution in [0.4, 0.5) is 5.69 Å². The zero-order valence-electron chi connectivity index (χ0n) is 11.7. The molecule has 7 nitrogen and oxygen atoms in total. The molecule has 0 saturated heterocycles. The van der Waals surface area contributed by atoms with E-state index in [2.05, 4.69) is 4.90 Å². The number of carboxylic acid groups (broad SMARTS) is 1. The van der Waals surface area contributed by atoms with E-state index in [0.717, 1.165) is 18.7 Å². The highest BCUT2D eigenvalue weighted by molar-refractivity contribution is 7.89. The van der Waals surface area contributed by atoms with Crippen LogP contribution >= 0.6 is 0 Å². The van der Waals surface area contributed by atoms with Crippen LogP contribution in [0.3, 0.4) is 0 Å². The van der Waals surface area contributed by atoms with Crippen molar-refractivity contribution in [2.75, 3.05) is 31.1 Å². The van der Waals surface area contributed by atoms with Gasteiger partial charge >= 0.3 is 5.97 Å². The number of sulfonamides is 1. The summed E-state index contributed by atoms with van der Waals surface area (Å²) in [5.41, 5.74) is 0.723. The van der Waals surface area contributed by atoms with Crippen molar-refractivity contribution in [2.24, 2.45) is 0 Å². The third-order valence-corrected chi connectivity index (χ3v) is 4.51. The van der Waals surface area contributed by atoms with Gasteiger partial charge in [-0.25, -0.2) is 8.42 Å². The Morgan fingerprint density at radius 3 is 2.90 bits per heavy atom. The van der Waals surface area contributed by atoms with Crippen LogP contribution in [-0.2, 0) is 14.8 Å². The molecule has 0 aliphatic carbocycles. The van der Waals surface area contributed by atoms with E-state index < -0.39 is 22.5 Å². The SMILES string of the molecule is CCCN1CCOc2ccc(S(=O)(=O)NCC(=O)O)cc21. The van der Waals surface area contributed by atoms with E-state index in [4.69, 9.17) is 9.84 Å². The van der Waals surface area contributed by atoms with Crippen molar-refractivity contribution in [3.63, 3.8) is 0 Å². The van der Waals surface area contributed by atoms with Gasteiger partial charge in [0.15, 0.2) is 0 Å². The normalized spacial score (nSPS) is 14.4. The smallest absolute Gasteiger partial charge is 0.318 e. The third kappa shape index (κ3) is 3.64. The van der Waals surface area contributed by atoms with E-state index in [-0.39, 0.29) is 4.90 Å². The van der Waals surface area contributed by atoms with Crippen LogP contribution in [0.1, 0.15) is 13.3 Å². The molecule has 21 heavy (non-hydrogen) atoms. The Hall–Kier alpha value is -1.80. The van der Waals surface area contributed by atoms with E-state index in [1.807, 2.05) is 11.6 Å². The number of anilines is 1. The molecule has 0 atom stereocenters. The Morgan fingerprint density at radius 1 is 1.48 bits per heavy atom. The molecule has 2 rings (SSSR count). The first-order valence-corrected chi connectivity index (χ1v) is 8.15. The molecular weight excluding hydrogens is 296 g/mol. The number of rotatable bonds is 6. The standard InChI is InChI=1S/C13H18N2O5S/c1-2-5-15-6-7-20-12-4-3-10(8-11(12)15)21(18,19)14-9-13(16)17/h3-4,8,14H,2,5-7,9H2,1H3,(H,16,17). The van der Waals surface area contributed by atoms with E-state index in [1.54, 1.807) is 6.07 Å². The second-order valence-electron chi connectivity index (χ2n) is 4.68. The quantitative estimate of drug-likeness (QED) is 0.801. The van der Waals surface area contributed by atoms with Crippen LogP contribution in [0, 0.1) is 0 Å². The minimum atomic E-state index is -3.84. The lowest BCUT2D eigenvalue weighted by molar-refractivity contribution is -0.135. The maximum atomic E-state index is 12.1. The lowest BCUT2D eigenvalue weighted by atomic mass is 10.2. The molecule has 1 aromatic carbocycles. The molecule has 0 bridgehead atoms. The highest BCUT2D eigenvalue weighted by atomic mass is 32.2. The lowest BCUT2D eigenvalue weighted by Gasteiger charge is -2.31. The molecule has 2 N–H and O–H groups in total. The molecule has 0 unspecified atom stereocenters. The molecular formula is C13H18N2O5S. The Bertz CT molecular complexity index is 629. The van der Waals surface area contributed by atoms with Crippen molar-refractivity contribution in [2.45, 2.75) is 18.2 Å². The summed E-state index contributed by atoms with van der Waals surface area (Å²) in [6.45, 7) is 3.48. The topological polar surface area (TPSA) is 95.9 Å². The summed E-state index contributed by atoms with van der Waals surface area (Å²) in [5, 5.41) is 8.57. The average Bonchev–Trinajstić information content (AvgIpc) is 2.45. The van der Waals surface area contributed by atoms with Gasteiger partial charge < -0.3 is 14.7 Å². The Labute approximate surface area is 123 Å². The average molecular weight is 314 g/mol. The maximum absolute atomic E-state index is 12.1. The summed E-state index contributed by atoms with van der Waals surface area (Å²) < 4.78 is 31.7. The predicted octanol–water partition coefficient (Wildman–Crippen LogP) is 0.658. The first kappa shape index (κ1) is 15.6. The molecule has 0 spiro atoms. The van der Waals surface area contributed by atoms with Crippen LogP contribution < -0.4 is 14.4 Å². The zero-order valence-corrected chi connectivity index (χ0v) is 12.5. The number of fused-ring (bicyclic) bond motifs is 1. The van der Waals surface area contributed by atoms with E-state index in [9.17, 15) is 13.2 Å². The van der Waals surface area contributed by atoms with Gasteiger partial charge in [0, 0.05) is 6.54 Å². The number of carbonyl (C=O) groups is 1. The van der Waals surface area contributed by atoms with Gasteiger partial charge in [0.25, 0.3) is 0 Å². The van der Waals surface area contributed by atoms with Crippen molar-refractivity contribution < 1.29 is 23.1 Å². The van der Waals surface area contributed by atoms with Gasteiger partial charge in [0.05, 0.1) is 17.1 Å². The number of benzene rings is 1. The molecule has 1 aromatic rings. The molecule has 8 heteroatoms. The number of nitrogens with zero attached hydrogens (tertiary/aromatic N) is 1. The summed E-state index contributed by atoms with van der Waals surface area (Å²) in [6, 6.07) is 4.54. The maximum Gasteiger partial charge on any atom is 0.318 e. The fourth-order valence-corrected chi connectivity index (χ4v) is 3.16. The second kappa shape index (κ2) is 6.31. The molecule has 116 valence electrons. The third-order valence-electron chi connectivity index (χ3n) is 3.11. The van der Waals surface area contributed by atoms with Gasteiger partial charge in [-0.1, -0.05) is 6.92 Å². The summed E-state index contributed by atoms with van der Waals surface area (Å²) >= 11 is 0. The van der Waals surface area contributed by atoms with Crippen LogP contribution in [0.15, 0.2) is 23.1 Å². The molecule has 1 heterocycles. The number of ether oxygens (including phenoxy) is 1. The van der Waals surface area contributed by atoms with Crippen LogP contribution in [0.5, 0.6) is 5.75 Å². The molecule has 0 saturated carbocycles. The van der Waals surface area contributed by atoms with E-state index >= 15 is 0 Å². The predicted molar refractivity (Wildman–Crippen MR) is 77.3 cm³/mol. The minimum absolute atomic E-state index is 0.0362.